The summed E-state index contributed by atoms with van der Waals surface area (Å²) in [5.74, 6) is -1.47. The van der Waals surface area contributed by atoms with Crippen LogP contribution in [0.2, 0.25) is 0 Å². The Kier molecular flexibility index (Phi) is 5.81. The predicted molar refractivity (Wildman–Crippen MR) is 103 cm³/mol. The first-order valence-electron chi connectivity index (χ1n) is 9.03. The predicted octanol–water partition coefficient (Wildman–Crippen LogP) is 3.28. The Hall–Kier alpha value is -2.32. The second kappa shape index (κ2) is 7.97. The SMILES string of the molecule is CC(C)S(=O)(=O)NC1CCC(=O)NC1c1ccc(-c2ccc(F)cc2F)cc1. The number of halogens is 2. The molecule has 1 saturated heterocycles. The number of piperidine rings is 1. The molecule has 0 bridgehead atoms. The molecule has 28 heavy (non-hydrogen) atoms. The first-order valence-corrected chi connectivity index (χ1v) is 10.6. The molecule has 0 radical (unpaired) electrons. The molecule has 2 aromatic carbocycles. The van der Waals surface area contributed by atoms with Crippen molar-refractivity contribution in [2.45, 2.75) is 44.0 Å². The van der Waals surface area contributed by atoms with Gasteiger partial charge in [0.2, 0.25) is 15.9 Å². The highest BCUT2D eigenvalue weighted by molar-refractivity contribution is 7.90. The molecule has 1 fully saturated rings. The van der Waals surface area contributed by atoms with E-state index in [1.54, 1.807) is 38.1 Å². The third kappa shape index (κ3) is 4.39. The van der Waals surface area contributed by atoms with Crippen LogP contribution in [0.1, 0.15) is 38.3 Å². The quantitative estimate of drug-likeness (QED) is 0.797. The molecular formula is C20H22F2N2O3S. The van der Waals surface area contributed by atoms with Crippen LogP contribution in [0, 0.1) is 11.6 Å². The molecule has 1 heterocycles. The van der Waals surface area contributed by atoms with Crippen LogP contribution < -0.4 is 10.0 Å². The van der Waals surface area contributed by atoms with Gasteiger partial charge in [0.1, 0.15) is 11.6 Å². The second-order valence-corrected chi connectivity index (χ2v) is 9.42. The maximum Gasteiger partial charge on any atom is 0.220 e. The van der Waals surface area contributed by atoms with Gasteiger partial charge >= 0.3 is 0 Å². The van der Waals surface area contributed by atoms with Gasteiger partial charge < -0.3 is 5.32 Å². The summed E-state index contributed by atoms with van der Waals surface area (Å²) in [6.45, 7) is 3.18. The van der Waals surface area contributed by atoms with Gasteiger partial charge in [0.25, 0.3) is 0 Å². The smallest absolute Gasteiger partial charge is 0.220 e. The standard InChI is InChI=1S/C20H22F2N2O3S/c1-12(2)28(26,27)24-18-9-10-19(25)23-20(18)14-5-3-13(4-6-14)16-8-7-15(21)11-17(16)22/h3-8,11-12,18,20,24H,9-10H2,1-2H3,(H,23,25). The summed E-state index contributed by atoms with van der Waals surface area (Å²) in [4.78, 5) is 11.9. The second-order valence-electron chi connectivity index (χ2n) is 7.15. The van der Waals surface area contributed by atoms with Crippen molar-refractivity contribution in [2.75, 3.05) is 0 Å². The summed E-state index contributed by atoms with van der Waals surface area (Å²) >= 11 is 0. The van der Waals surface area contributed by atoms with Crippen LogP contribution >= 0.6 is 0 Å². The van der Waals surface area contributed by atoms with Gasteiger partial charge in [-0.2, -0.15) is 0 Å². The fourth-order valence-electron chi connectivity index (χ4n) is 3.18. The van der Waals surface area contributed by atoms with Crippen LogP contribution in [0.4, 0.5) is 8.78 Å². The summed E-state index contributed by atoms with van der Waals surface area (Å²) < 4.78 is 54.3. The van der Waals surface area contributed by atoms with Crippen molar-refractivity contribution in [3.8, 4) is 11.1 Å². The van der Waals surface area contributed by atoms with Gasteiger partial charge in [0.05, 0.1) is 11.3 Å². The number of carbonyl (C=O) groups excluding carboxylic acids is 1. The monoisotopic (exact) mass is 408 g/mol. The number of sulfonamides is 1. The average Bonchev–Trinajstić information content (AvgIpc) is 2.63. The summed E-state index contributed by atoms with van der Waals surface area (Å²) in [5, 5.41) is 2.24. The molecule has 150 valence electrons. The number of hydrogen-bond acceptors (Lipinski definition) is 3. The zero-order valence-electron chi connectivity index (χ0n) is 15.6. The minimum absolute atomic E-state index is 0.154. The molecule has 1 aliphatic heterocycles. The Bertz CT molecular complexity index is 975. The van der Waals surface area contributed by atoms with E-state index in [4.69, 9.17) is 0 Å². The van der Waals surface area contributed by atoms with Gasteiger partial charge in [0.15, 0.2) is 0 Å². The molecule has 2 unspecified atom stereocenters. The topological polar surface area (TPSA) is 75.3 Å². The summed E-state index contributed by atoms with van der Waals surface area (Å²) in [6.07, 6.45) is 0.622. The lowest BCUT2D eigenvalue weighted by atomic mass is 9.91. The van der Waals surface area contributed by atoms with Crippen LogP contribution in [0.3, 0.4) is 0 Å². The van der Waals surface area contributed by atoms with Crippen molar-refractivity contribution in [3.05, 3.63) is 59.7 Å². The van der Waals surface area contributed by atoms with Gasteiger partial charge in [-0.25, -0.2) is 21.9 Å². The molecule has 3 rings (SSSR count). The molecule has 1 aliphatic rings. The molecule has 8 heteroatoms. The van der Waals surface area contributed by atoms with Gasteiger partial charge in [-0.05, 0) is 43.5 Å². The molecular weight excluding hydrogens is 386 g/mol. The Morgan fingerprint density at radius 1 is 1.11 bits per heavy atom. The highest BCUT2D eigenvalue weighted by Crippen LogP contribution is 2.29. The molecule has 0 spiro atoms. The number of rotatable bonds is 5. The van der Waals surface area contributed by atoms with E-state index in [-0.39, 0.29) is 17.9 Å². The fraction of sp³-hybridized carbons (Fsp3) is 0.350. The number of carbonyl (C=O) groups is 1. The summed E-state index contributed by atoms with van der Waals surface area (Å²) in [7, 11) is -3.50. The minimum atomic E-state index is -3.50. The van der Waals surface area contributed by atoms with Gasteiger partial charge in [-0.1, -0.05) is 24.3 Å². The first kappa shape index (κ1) is 20.4. The molecule has 0 aliphatic carbocycles. The Morgan fingerprint density at radius 2 is 1.79 bits per heavy atom. The van der Waals surface area contributed by atoms with Crippen molar-refractivity contribution < 1.29 is 22.0 Å². The minimum Gasteiger partial charge on any atom is -0.348 e. The van der Waals surface area contributed by atoms with E-state index in [1.807, 2.05) is 0 Å². The maximum absolute atomic E-state index is 14.0. The van der Waals surface area contributed by atoms with Crippen molar-refractivity contribution >= 4 is 15.9 Å². The fourth-order valence-corrected chi connectivity index (χ4v) is 4.13. The van der Waals surface area contributed by atoms with E-state index >= 15 is 0 Å². The van der Waals surface area contributed by atoms with Gasteiger partial charge in [-0.15, -0.1) is 0 Å². The highest BCUT2D eigenvalue weighted by Gasteiger charge is 2.33. The normalized spacial score (nSPS) is 20.2. The van der Waals surface area contributed by atoms with Gasteiger partial charge in [-0.3, -0.25) is 4.79 Å². The zero-order valence-corrected chi connectivity index (χ0v) is 16.4. The third-order valence-corrected chi connectivity index (χ3v) is 6.72. The van der Waals surface area contributed by atoms with Crippen LogP contribution in [-0.2, 0) is 14.8 Å². The number of hydrogen-bond donors (Lipinski definition) is 2. The van der Waals surface area contributed by atoms with E-state index in [0.717, 1.165) is 6.07 Å². The lowest BCUT2D eigenvalue weighted by molar-refractivity contribution is -0.123. The van der Waals surface area contributed by atoms with Crippen LogP contribution in [0.25, 0.3) is 11.1 Å². The molecule has 2 N–H and O–H groups in total. The van der Waals surface area contributed by atoms with E-state index in [9.17, 15) is 22.0 Å². The van der Waals surface area contributed by atoms with Crippen molar-refractivity contribution in [3.63, 3.8) is 0 Å². The van der Waals surface area contributed by atoms with Crippen molar-refractivity contribution in [1.82, 2.24) is 10.0 Å². The first-order chi connectivity index (χ1) is 13.2. The molecule has 2 aromatic rings. The molecule has 5 nitrogen and oxygen atoms in total. The number of benzene rings is 2. The van der Waals surface area contributed by atoms with E-state index in [0.29, 0.717) is 17.5 Å². The third-order valence-electron chi connectivity index (χ3n) is 4.85. The number of nitrogens with one attached hydrogen (secondary N) is 2. The molecule has 1 amide bonds. The van der Waals surface area contributed by atoms with E-state index < -0.39 is 39.0 Å². The zero-order chi connectivity index (χ0) is 20.5. The van der Waals surface area contributed by atoms with Crippen molar-refractivity contribution in [2.24, 2.45) is 0 Å². The summed E-state index contributed by atoms with van der Waals surface area (Å²) in [6, 6.07) is 9.13. The molecule has 2 atom stereocenters. The van der Waals surface area contributed by atoms with Crippen LogP contribution in [0.5, 0.6) is 0 Å². The number of amides is 1. The molecule has 0 saturated carbocycles. The van der Waals surface area contributed by atoms with E-state index in [1.165, 1.54) is 12.1 Å². The van der Waals surface area contributed by atoms with Crippen LogP contribution in [-0.4, -0.2) is 25.6 Å². The average molecular weight is 408 g/mol. The van der Waals surface area contributed by atoms with Crippen LogP contribution in [0.15, 0.2) is 42.5 Å². The maximum atomic E-state index is 14.0. The lowest BCUT2D eigenvalue weighted by Gasteiger charge is -2.33. The van der Waals surface area contributed by atoms with Crippen molar-refractivity contribution in [1.29, 1.82) is 0 Å². The van der Waals surface area contributed by atoms with Gasteiger partial charge in [0, 0.05) is 24.1 Å². The van der Waals surface area contributed by atoms with E-state index in [2.05, 4.69) is 10.0 Å². The molecule has 0 aromatic heterocycles. The Morgan fingerprint density at radius 3 is 2.39 bits per heavy atom. The Balaban J connectivity index is 1.88. The lowest BCUT2D eigenvalue weighted by Crippen LogP contribution is -2.51. The summed E-state index contributed by atoms with van der Waals surface area (Å²) in [5.41, 5.74) is 1.52. The largest absolute Gasteiger partial charge is 0.348 e. The highest BCUT2D eigenvalue weighted by atomic mass is 32.2. The Labute approximate surface area is 163 Å².